The highest BCUT2D eigenvalue weighted by molar-refractivity contribution is 7.00. The van der Waals surface area contributed by atoms with Crippen molar-refractivity contribution in [3.63, 3.8) is 0 Å². The summed E-state index contributed by atoms with van der Waals surface area (Å²) < 4.78 is 0. The lowest BCUT2D eigenvalue weighted by Crippen LogP contribution is -2.61. The molecule has 0 saturated carbocycles. The van der Waals surface area contributed by atoms with Crippen LogP contribution in [0.4, 0.5) is 51.2 Å². The minimum atomic E-state index is -0.0353. The van der Waals surface area contributed by atoms with Crippen molar-refractivity contribution in [2.75, 3.05) is 14.7 Å². The van der Waals surface area contributed by atoms with Crippen LogP contribution in [0.25, 0.3) is 21.5 Å². The molecule has 0 aliphatic carbocycles. The number of rotatable bonds is 13. The fourth-order valence-corrected chi connectivity index (χ4v) is 11.7. The molecule has 0 saturated heterocycles. The van der Waals surface area contributed by atoms with Crippen LogP contribution in [-0.2, 0) is 21.7 Å². The largest absolute Gasteiger partial charge is 0.311 e. The zero-order valence-electron chi connectivity index (χ0n) is 46.1. The molecule has 9 aromatic carbocycles. The fourth-order valence-electron chi connectivity index (χ4n) is 11.7. The van der Waals surface area contributed by atoms with Gasteiger partial charge in [-0.3, -0.25) is 0 Å². The average Bonchev–Trinajstić information content (AvgIpc) is 3.43. The van der Waals surface area contributed by atoms with Crippen molar-refractivity contribution in [3.8, 4) is 0 Å². The normalized spacial score (nSPS) is 13.5. The molecule has 4 heteroatoms. The summed E-state index contributed by atoms with van der Waals surface area (Å²) in [5.41, 5.74) is 20.2. The SMILES string of the molecule is CCC(C)(C)c1ccc(N2c3ccc(C(C)(C)CC)cc3B3c4cc(C(C)(C)CC)ccc4N(c4ccc(C(C)(C)CC)cc4)c4cc(N(c5cccc6ccccc56)c5cccc6ccccc56)cc2c43)cc1. The first-order valence-corrected chi connectivity index (χ1v) is 27.5. The van der Waals surface area contributed by atoms with E-state index < -0.39 is 0 Å². The minimum absolute atomic E-state index is 0.0127. The standard InChI is InChI=1S/C70H74BN3/c1-13-67(5,6)49-31-37-53(38-32-49)72-62-41-35-51(69(9,10)15-3)43-58(62)71-59-44-52(70(11,12)16-4)36-42-63(59)73(54-39-33-50(34-40-54)68(7,8)14-2)65-46-55(45-64(72)66(65)71)74(60-29-21-25-47-23-17-19-27-56(47)60)61-30-22-26-48-24-18-20-28-57(48)61/h17-46H,13-16H2,1-12H3. The number of hydrogen-bond acceptors (Lipinski definition) is 3. The Morgan fingerprint density at radius 3 is 1.11 bits per heavy atom. The predicted octanol–water partition coefficient (Wildman–Crippen LogP) is 18.3. The Kier molecular flexibility index (Phi) is 12.2. The molecule has 0 aromatic heterocycles. The lowest BCUT2D eigenvalue weighted by molar-refractivity contribution is 0.506. The van der Waals surface area contributed by atoms with Gasteiger partial charge in [-0.2, -0.15) is 0 Å². The van der Waals surface area contributed by atoms with Crippen LogP contribution in [0.1, 0.15) is 131 Å². The zero-order chi connectivity index (χ0) is 51.9. The average molecular weight is 968 g/mol. The molecule has 0 spiro atoms. The first-order valence-electron chi connectivity index (χ1n) is 27.5. The molecule has 9 aromatic rings. The first kappa shape index (κ1) is 49.2. The van der Waals surface area contributed by atoms with Gasteiger partial charge in [0, 0.05) is 44.9 Å². The van der Waals surface area contributed by atoms with Gasteiger partial charge in [0.25, 0.3) is 6.71 Å². The third-order valence-corrected chi connectivity index (χ3v) is 18.2. The topological polar surface area (TPSA) is 9.72 Å². The monoisotopic (exact) mass is 968 g/mol. The van der Waals surface area contributed by atoms with E-state index in [2.05, 4.69) is 280 Å². The molecule has 0 fully saturated rings. The van der Waals surface area contributed by atoms with Crippen LogP contribution in [0.15, 0.2) is 182 Å². The van der Waals surface area contributed by atoms with Crippen molar-refractivity contribution in [3.05, 3.63) is 204 Å². The molecule has 0 amide bonds. The first-order chi connectivity index (χ1) is 35.5. The third-order valence-electron chi connectivity index (χ3n) is 18.2. The fraction of sp³-hybridized carbons (Fsp3) is 0.286. The third kappa shape index (κ3) is 8.12. The van der Waals surface area contributed by atoms with Crippen molar-refractivity contribution >= 4 is 95.8 Å². The summed E-state index contributed by atoms with van der Waals surface area (Å²) in [4.78, 5) is 7.77. The molecule has 2 aliphatic heterocycles. The van der Waals surface area contributed by atoms with Crippen LogP contribution < -0.4 is 31.1 Å². The number of nitrogens with zero attached hydrogens (tertiary/aromatic N) is 3. The summed E-state index contributed by atoms with van der Waals surface area (Å²) in [6, 6.07) is 70.4. The smallest absolute Gasteiger partial charge is 0.252 e. The Morgan fingerprint density at radius 1 is 0.365 bits per heavy atom. The van der Waals surface area contributed by atoms with Crippen LogP contribution in [0.2, 0.25) is 0 Å². The minimum Gasteiger partial charge on any atom is -0.311 e. The van der Waals surface area contributed by atoms with Crippen molar-refractivity contribution in [2.45, 2.75) is 130 Å². The summed E-state index contributed by atoms with van der Waals surface area (Å²) in [6.07, 6.45) is 4.21. The van der Waals surface area contributed by atoms with E-state index in [0.717, 1.165) is 54.1 Å². The van der Waals surface area contributed by atoms with Gasteiger partial charge in [-0.1, -0.05) is 204 Å². The maximum Gasteiger partial charge on any atom is 0.252 e. The van der Waals surface area contributed by atoms with Crippen LogP contribution in [-0.4, -0.2) is 6.71 Å². The van der Waals surface area contributed by atoms with E-state index >= 15 is 0 Å². The van der Waals surface area contributed by atoms with E-state index in [4.69, 9.17) is 0 Å². The van der Waals surface area contributed by atoms with Gasteiger partial charge < -0.3 is 14.7 Å². The molecule has 0 radical (unpaired) electrons. The lowest BCUT2D eigenvalue weighted by Gasteiger charge is -2.46. The van der Waals surface area contributed by atoms with E-state index in [1.54, 1.807) is 0 Å². The Balaban J connectivity index is 1.30. The maximum atomic E-state index is 2.61. The second kappa shape index (κ2) is 18.4. The van der Waals surface area contributed by atoms with Crippen molar-refractivity contribution in [2.24, 2.45) is 0 Å². The van der Waals surface area contributed by atoms with Gasteiger partial charge >= 0.3 is 0 Å². The van der Waals surface area contributed by atoms with Gasteiger partial charge in [0.1, 0.15) is 0 Å². The highest BCUT2D eigenvalue weighted by Crippen LogP contribution is 2.51. The van der Waals surface area contributed by atoms with Crippen LogP contribution in [0.3, 0.4) is 0 Å². The van der Waals surface area contributed by atoms with E-state index in [0.29, 0.717) is 0 Å². The number of anilines is 9. The van der Waals surface area contributed by atoms with Crippen LogP contribution in [0, 0.1) is 0 Å². The lowest BCUT2D eigenvalue weighted by atomic mass is 9.33. The molecule has 11 rings (SSSR count). The van der Waals surface area contributed by atoms with Crippen molar-refractivity contribution in [1.29, 1.82) is 0 Å². The molecule has 2 aliphatic rings. The van der Waals surface area contributed by atoms with Gasteiger partial charge in [-0.15, -0.1) is 0 Å². The second-order valence-electron chi connectivity index (χ2n) is 23.9. The molecule has 2 heterocycles. The number of benzene rings is 9. The highest BCUT2D eigenvalue weighted by Gasteiger charge is 2.45. The molecule has 3 nitrogen and oxygen atoms in total. The quantitative estimate of drug-likeness (QED) is 0.107. The summed E-state index contributed by atoms with van der Waals surface area (Å²) in [7, 11) is 0. The van der Waals surface area contributed by atoms with Gasteiger partial charge in [-0.25, -0.2) is 0 Å². The molecule has 0 N–H and O–H groups in total. The van der Waals surface area contributed by atoms with Crippen molar-refractivity contribution < 1.29 is 0 Å². The Labute approximate surface area is 443 Å². The second-order valence-corrected chi connectivity index (χ2v) is 23.9. The molecular formula is C70H74BN3. The van der Waals surface area contributed by atoms with E-state index in [1.807, 2.05) is 0 Å². The summed E-state index contributed by atoms with van der Waals surface area (Å²) in [5.74, 6) is 0. The Hall–Kier alpha value is -7.04. The van der Waals surface area contributed by atoms with E-state index in [-0.39, 0.29) is 28.4 Å². The summed E-state index contributed by atoms with van der Waals surface area (Å²) >= 11 is 0. The predicted molar refractivity (Wildman–Crippen MR) is 323 cm³/mol. The maximum absolute atomic E-state index is 2.61. The molecule has 74 heavy (non-hydrogen) atoms. The van der Waals surface area contributed by atoms with Gasteiger partial charge in [-0.05, 0) is 157 Å². The molecule has 0 atom stereocenters. The molecule has 0 unspecified atom stereocenters. The summed E-state index contributed by atoms with van der Waals surface area (Å²) in [5, 5.41) is 4.83. The van der Waals surface area contributed by atoms with Crippen molar-refractivity contribution in [1.82, 2.24) is 0 Å². The molecular weight excluding hydrogens is 894 g/mol. The highest BCUT2D eigenvalue weighted by atomic mass is 15.2. The van der Waals surface area contributed by atoms with Gasteiger partial charge in [0.15, 0.2) is 0 Å². The van der Waals surface area contributed by atoms with Crippen LogP contribution >= 0.6 is 0 Å². The number of fused-ring (bicyclic) bond motifs is 6. The Bertz CT molecular complexity index is 3340. The number of hydrogen-bond donors (Lipinski definition) is 0. The molecule has 372 valence electrons. The zero-order valence-corrected chi connectivity index (χ0v) is 46.1. The van der Waals surface area contributed by atoms with Gasteiger partial charge in [0.2, 0.25) is 0 Å². The Morgan fingerprint density at radius 2 is 0.716 bits per heavy atom. The molecule has 0 bridgehead atoms. The van der Waals surface area contributed by atoms with E-state index in [9.17, 15) is 0 Å². The van der Waals surface area contributed by atoms with Crippen LogP contribution in [0.5, 0.6) is 0 Å². The summed E-state index contributed by atoms with van der Waals surface area (Å²) in [6.45, 7) is 28.3. The van der Waals surface area contributed by atoms with E-state index in [1.165, 1.54) is 82.9 Å². The van der Waals surface area contributed by atoms with Gasteiger partial charge in [0.05, 0.1) is 17.1 Å².